The lowest BCUT2D eigenvalue weighted by molar-refractivity contribution is 0.000881. The van der Waals surface area contributed by atoms with E-state index in [2.05, 4.69) is 5.16 Å². The van der Waals surface area contributed by atoms with E-state index in [1.807, 2.05) is 38.1 Å². The Kier molecular flexibility index (Phi) is 5.06. The van der Waals surface area contributed by atoms with Crippen LogP contribution in [0.25, 0.3) is 0 Å². The van der Waals surface area contributed by atoms with Gasteiger partial charge in [-0.2, -0.15) is 5.26 Å². The van der Waals surface area contributed by atoms with Crippen LogP contribution in [-0.4, -0.2) is 35.5 Å². The Labute approximate surface area is 163 Å². The number of urea groups is 1. The predicted molar refractivity (Wildman–Crippen MR) is 105 cm³/mol. The van der Waals surface area contributed by atoms with Crippen LogP contribution in [0.15, 0.2) is 59.8 Å². The van der Waals surface area contributed by atoms with Gasteiger partial charge in [0.05, 0.1) is 5.54 Å². The van der Waals surface area contributed by atoms with Gasteiger partial charge in [-0.25, -0.2) is 4.79 Å². The van der Waals surface area contributed by atoms with Crippen molar-refractivity contribution in [3.63, 3.8) is 0 Å². The molecule has 1 aliphatic heterocycles. The van der Waals surface area contributed by atoms with Gasteiger partial charge in [0.2, 0.25) is 6.23 Å². The second kappa shape index (κ2) is 7.29. The molecule has 1 saturated heterocycles. The van der Waals surface area contributed by atoms with Crippen molar-refractivity contribution in [3.05, 3.63) is 65.2 Å². The molecule has 0 saturated carbocycles. The third kappa shape index (κ3) is 3.46. The van der Waals surface area contributed by atoms with Crippen molar-refractivity contribution in [1.29, 1.82) is 5.26 Å². The fourth-order valence-electron chi connectivity index (χ4n) is 2.85. The molecule has 0 unspecified atom stereocenters. The van der Waals surface area contributed by atoms with Crippen molar-refractivity contribution in [2.24, 2.45) is 5.16 Å². The summed E-state index contributed by atoms with van der Waals surface area (Å²) in [5, 5.41) is 14.1. The Morgan fingerprint density at radius 3 is 2.41 bits per heavy atom. The molecule has 1 fully saturated rings. The van der Waals surface area contributed by atoms with Gasteiger partial charge < -0.3 is 9.74 Å². The van der Waals surface area contributed by atoms with Gasteiger partial charge in [-0.05, 0) is 38.1 Å². The first-order valence-electron chi connectivity index (χ1n) is 8.38. The molecule has 1 heterocycles. The summed E-state index contributed by atoms with van der Waals surface area (Å²) in [6, 6.07) is 17.8. The SMILES string of the molecule is CN1C(=O)N(c2ccc(Cl)cc2)[C@H](O/N=C(\C#N)c2ccccc2)C1(C)C. The average molecular weight is 383 g/mol. The molecule has 7 heteroatoms. The molecule has 1 atom stereocenters. The number of nitriles is 1. The van der Waals surface area contributed by atoms with Crippen LogP contribution in [-0.2, 0) is 4.84 Å². The van der Waals surface area contributed by atoms with Crippen LogP contribution in [0.4, 0.5) is 10.5 Å². The molecule has 2 amide bonds. The zero-order chi connectivity index (χ0) is 19.6. The van der Waals surface area contributed by atoms with Gasteiger partial charge >= 0.3 is 6.03 Å². The summed E-state index contributed by atoms with van der Waals surface area (Å²) in [6.45, 7) is 3.77. The van der Waals surface area contributed by atoms with Crippen molar-refractivity contribution < 1.29 is 9.63 Å². The maximum absolute atomic E-state index is 12.8. The maximum atomic E-state index is 12.8. The summed E-state index contributed by atoms with van der Waals surface area (Å²) in [5.41, 5.74) is 0.760. The number of likely N-dealkylation sites (N-methyl/N-ethyl adjacent to an activating group) is 1. The van der Waals surface area contributed by atoms with E-state index in [1.54, 1.807) is 48.3 Å². The minimum Gasteiger partial charge on any atom is -0.366 e. The first-order chi connectivity index (χ1) is 12.9. The van der Waals surface area contributed by atoms with E-state index in [4.69, 9.17) is 16.4 Å². The number of hydrogen-bond acceptors (Lipinski definition) is 4. The minimum absolute atomic E-state index is 0.143. The minimum atomic E-state index is -0.719. The van der Waals surface area contributed by atoms with Crippen molar-refractivity contribution in [2.45, 2.75) is 25.6 Å². The quantitative estimate of drug-likeness (QED) is 0.586. The number of oxime groups is 1. The molecule has 27 heavy (non-hydrogen) atoms. The molecular formula is C20H19ClN4O2. The summed E-state index contributed by atoms with van der Waals surface area (Å²) in [5.74, 6) is 0. The number of halogens is 1. The number of benzene rings is 2. The molecule has 0 N–H and O–H groups in total. The summed E-state index contributed by atoms with van der Waals surface area (Å²) in [7, 11) is 1.71. The van der Waals surface area contributed by atoms with Crippen LogP contribution >= 0.6 is 11.6 Å². The molecule has 2 aromatic rings. The van der Waals surface area contributed by atoms with Gasteiger partial charge in [-0.1, -0.05) is 47.1 Å². The van der Waals surface area contributed by atoms with Crippen LogP contribution in [0.1, 0.15) is 19.4 Å². The van der Waals surface area contributed by atoms with Crippen LogP contribution < -0.4 is 4.90 Å². The van der Waals surface area contributed by atoms with E-state index in [-0.39, 0.29) is 11.7 Å². The van der Waals surface area contributed by atoms with E-state index >= 15 is 0 Å². The standard InChI is InChI=1S/C20H19ClN4O2/c1-20(2)18(27-23-17(13-22)14-7-5-4-6-8-14)25(19(26)24(20)3)16-11-9-15(21)10-12-16/h4-12,18H,1-3H3/b23-17+/t18-/m1/s1. The van der Waals surface area contributed by atoms with Crippen molar-refractivity contribution >= 4 is 29.0 Å². The molecule has 3 rings (SSSR count). The van der Waals surface area contributed by atoms with E-state index in [1.165, 1.54) is 4.90 Å². The second-order valence-electron chi connectivity index (χ2n) is 6.72. The first-order valence-corrected chi connectivity index (χ1v) is 8.76. The number of anilines is 1. The summed E-state index contributed by atoms with van der Waals surface area (Å²) < 4.78 is 0. The number of carbonyl (C=O) groups is 1. The molecule has 6 nitrogen and oxygen atoms in total. The van der Waals surface area contributed by atoms with Gasteiger partial charge in [-0.15, -0.1) is 0 Å². The van der Waals surface area contributed by atoms with Crippen LogP contribution in [0.3, 0.4) is 0 Å². The topological polar surface area (TPSA) is 68.9 Å². The average Bonchev–Trinajstić information content (AvgIpc) is 2.84. The fraction of sp³-hybridized carbons (Fsp3) is 0.250. The Hall–Kier alpha value is -3.04. The third-order valence-corrected chi connectivity index (χ3v) is 4.95. The Morgan fingerprint density at radius 1 is 1.19 bits per heavy atom. The summed E-state index contributed by atoms with van der Waals surface area (Å²) in [6.07, 6.45) is -0.719. The van der Waals surface area contributed by atoms with Crippen molar-refractivity contribution in [1.82, 2.24) is 4.90 Å². The number of nitrogens with zero attached hydrogens (tertiary/aromatic N) is 4. The third-order valence-electron chi connectivity index (χ3n) is 4.70. The maximum Gasteiger partial charge on any atom is 0.327 e. The predicted octanol–water partition coefficient (Wildman–Crippen LogP) is 4.26. The van der Waals surface area contributed by atoms with E-state index < -0.39 is 11.8 Å². The molecule has 0 spiro atoms. The van der Waals surface area contributed by atoms with Gasteiger partial charge in [-0.3, -0.25) is 4.90 Å². The molecule has 0 aliphatic carbocycles. The zero-order valence-corrected chi connectivity index (χ0v) is 16.0. The Morgan fingerprint density at radius 2 is 1.81 bits per heavy atom. The molecule has 0 radical (unpaired) electrons. The Balaban J connectivity index is 1.97. The largest absolute Gasteiger partial charge is 0.366 e. The highest BCUT2D eigenvalue weighted by atomic mass is 35.5. The van der Waals surface area contributed by atoms with Crippen LogP contribution in [0.5, 0.6) is 0 Å². The van der Waals surface area contributed by atoms with Crippen LogP contribution in [0.2, 0.25) is 5.02 Å². The molecular weight excluding hydrogens is 364 g/mol. The highest BCUT2D eigenvalue weighted by Gasteiger charge is 2.52. The summed E-state index contributed by atoms with van der Waals surface area (Å²) in [4.78, 5) is 21.7. The Bertz CT molecular complexity index is 904. The van der Waals surface area contributed by atoms with Gasteiger partial charge in [0.25, 0.3) is 0 Å². The highest BCUT2D eigenvalue weighted by molar-refractivity contribution is 6.30. The number of amides is 2. The number of carbonyl (C=O) groups excluding carboxylic acids is 1. The lowest BCUT2D eigenvalue weighted by Gasteiger charge is -2.31. The van der Waals surface area contributed by atoms with Crippen molar-refractivity contribution in [2.75, 3.05) is 11.9 Å². The van der Waals surface area contributed by atoms with Crippen molar-refractivity contribution in [3.8, 4) is 6.07 Å². The summed E-state index contributed by atoms with van der Waals surface area (Å²) >= 11 is 5.96. The molecule has 0 aromatic heterocycles. The number of rotatable bonds is 4. The van der Waals surface area contributed by atoms with Gasteiger partial charge in [0, 0.05) is 23.3 Å². The van der Waals surface area contributed by atoms with Gasteiger partial charge in [0.1, 0.15) is 6.07 Å². The van der Waals surface area contributed by atoms with Gasteiger partial charge in [0.15, 0.2) is 5.71 Å². The smallest absolute Gasteiger partial charge is 0.327 e. The monoisotopic (exact) mass is 382 g/mol. The lowest BCUT2D eigenvalue weighted by Crippen LogP contribution is -2.46. The highest BCUT2D eigenvalue weighted by Crippen LogP contribution is 2.36. The van der Waals surface area contributed by atoms with E-state index in [0.717, 1.165) is 0 Å². The van der Waals surface area contributed by atoms with E-state index in [9.17, 15) is 10.1 Å². The van der Waals surface area contributed by atoms with E-state index in [0.29, 0.717) is 16.3 Å². The first kappa shape index (κ1) is 18.7. The fourth-order valence-corrected chi connectivity index (χ4v) is 2.98. The molecule has 138 valence electrons. The molecule has 1 aliphatic rings. The second-order valence-corrected chi connectivity index (χ2v) is 7.15. The molecule has 0 bridgehead atoms. The molecule has 2 aromatic carbocycles. The zero-order valence-electron chi connectivity index (χ0n) is 15.3. The van der Waals surface area contributed by atoms with Crippen LogP contribution in [0, 0.1) is 11.3 Å². The normalized spacial score (nSPS) is 19.1. The lowest BCUT2D eigenvalue weighted by atomic mass is 10.0. The number of hydrogen-bond donors (Lipinski definition) is 0.